The number of hydrogen-bond acceptors (Lipinski definition) is 3. The number of carboxylic acid groups (broad SMARTS) is 2. The largest absolute Gasteiger partial charge is 0.478 e. The van der Waals surface area contributed by atoms with Crippen molar-refractivity contribution in [3.8, 4) is 0 Å². The van der Waals surface area contributed by atoms with Gasteiger partial charge in [0, 0.05) is 24.7 Å². The molecule has 0 saturated carbocycles. The molecule has 5 heteroatoms. The van der Waals surface area contributed by atoms with Gasteiger partial charge in [0.05, 0.1) is 6.61 Å². The first-order valence-corrected chi connectivity index (χ1v) is 5.29. The summed E-state index contributed by atoms with van der Waals surface area (Å²) < 4.78 is 5.17. The van der Waals surface area contributed by atoms with E-state index < -0.39 is 11.9 Å². The number of ether oxygens (including phenoxy) is 1. The molecule has 0 aromatic heterocycles. The summed E-state index contributed by atoms with van der Waals surface area (Å²) in [5.74, 6) is -1.92. The molecule has 98 valence electrons. The summed E-state index contributed by atoms with van der Waals surface area (Å²) in [6.07, 6.45) is 3.37. The Morgan fingerprint density at radius 2 is 1.82 bits per heavy atom. The summed E-state index contributed by atoms with van der Waals surface area (Å²) in [5.41, 5.74) is 0.214. The van der Waals surface area contributed by atoms with Crippen LogP contribution < -0.4 is 0 Å². The van der Waals surface area contributed by atoms with Crippen LogP contribution in [-0.4, -0.2) is 35.4 Å². The van der Waals surface area contributed by atoms with Crippen molar-refractivity contribution in [3.63, 3.8) is 0 Å². The average molecular weight is 244 g/mol. The van der Waals surface area contributed by atoms with Crippen LogP contribution in [0.1, 0.15) is 26.2 Å². The number of aliphatic carboxylic acids is 2. The zero-order chi connectivity index (χ0) is 13.7. The minimum atomic E-state index is -0.981. The van der Waals surface area contributed by atoms with Crippen molar-refractivity contribution >= 4 is 11.9 Å². The van der Waals surface area contributed by atoms with Crippen molar-refractivity contribution in [2.75, 3.05) is 13.2 Å². The fourth-order valence-corrected chi connectivity index (χ4v) is 0.651. The van der Waals surface area contributed by atoms with Gasteiger partial charge in [0.2, 0.25) is 0 Å². The van der Waals surface area contributed by atoms with Gasteiger partial charge in [0.15, 0.2) is 0 Å². The second kappa shape index (κ2) is 12.4. The lowest BCUT2D eigenvalue weighted by molar-refractivity contribution is -0.133. The van der Waals surface area contributed by atoms with E-state index in [-0.39, 0.29) is 5.57 Å². The second-order valence-corrected chi connectivity index (χ2v) is 3.17. The van der Waals surface area contributed by atoms with Gasteiger partial charge in [-0.3, -0.25) is 0 Å². The molecule has 0 amide bonds. The Labute approximate surface area is 101 Å². The van der Waals surface area contributed by atoms with E-state index in [9.17, 15) is 9.59 Å². The molecule has 0 unspecified atom stereocenters. The molecule has 0 bridgehead atoms. The smallest absolute Gasteiger partial charge is 0.331 e. The first-order valence-electron chi connectivity index (χ1n) is 5.29. The van der Waals surface area contributed by atoms with Gasteiger partial charge in [-0.2, -0.15) is 0 Å². The summed E-state index contributed by atoms with van der Waals surface area (Å²) in [7, 11) is 0. The average Bonchev–Trinajstić information content (AvgIpc) is 2.29. The topological polar surface area (TPSA) is 83.8 Å². The lowest BCUT2D eigenvalue weighted by Gasteiger charge is -2.02. The molecule has 0 spiro atoms. The van der Waals surface area contributed by atoms with Crippen LogP contribution in [0.5, 0.6) is 0 Å². The standard InChI is InChI=1S/C9H16O3.C3H4O2/c1-3-4-6-12-7-5-8(2)9(10)11;1-2-3(4)5/h2-7H2,1H3,(H,10,11);2H,1H2,(H,4,5). The quantitative estimate of drug-likeness (QED) is 0.504. The van der Waals surface area contributed by atoms with Crippen LogP contribution in [0.25, 0.3) is 0 Å². The van der Waals surface area contributed by atoms with Crippen LogP contribution in [0, 0.1) is 0 Å². The summed E-state index contributed by atoms with van der Waals surface area (Å²) >= 11 is 0. The molecule has 0 aromatic rings. The SMILES string of the molecule is C=C(CCOCCCC)C(=O)O.C=CC(=O)O. The van der Waals surface area contributed by atoms with Crippen molar-refractivity contribution < 1.29 is 24.5 Å². The van der Waals surface area contributed by atoms with Crippen LogP contribution in [0.15, 0.2) is 24.8 Å². The van der Waals surface area contributed by atoms with Gasteiger partial charge >= 0.3 is 11.9 Å². The highest BCUT2D eigenvalue weighted by Crippen LogP contribution is 1.98. The Morgan fingerprint density at radius 3 is 2.18 bits per heavy atom. The van der Waals surface area contributed by atoms with Gasteiger partial charge in [0.25, 0.3) is 0 Å². The molecule has 0 atom stereocenters. The highest BCUT2D eigenvalue weighted by Gasteiger charge is 2.02. The molecule has 0 rings (SSSR count). The van der Waals surface area contributed by atoms with Crippen LogP contribution in [0.2, 0.25) is 0 Å². The molecular formula is C12H20O5. The zero-order valence-corrected chi connectivity index (χ0v) is 10.1. The number of hydrogen-bond donors (Lipinski definition) is 2. The van der Waals surface area contributed by atoms with Gasteiger partial charge in [-0.05, 0) is 6.42 Å². The molecule has 0 aliphatic heterocycles. The van der Waals surface area contributed by atoms with E-state index in [1.54, 1.807) is 0 Å². The first-order chi connectivity index (χ1) is 7.95. The minimum Gasteiger partial charge on any atom is -0.478 e. The minimum absolute atomic E-state index is 0.214. The van der Waals surface area contributed by atoms with Crippen molar-refractivity contribution in [3.05, 3.63) is 24.8 Å². The molecule has 0 aliphatic carbocycles. The molecule has 0 saturated heterocycles. The zero-order valence-electron chi connectivity index (χ0n) is 10.1. The fraction of sp³-hybridized carbons (Fsp3) is 0.500. The predicted molar refractivity (Wildman–Crippen MR) is 65.0 cm³/mol. The molecule has 2 N–H and O–H groups in total. The molecule has 0 heterocycles. The maximum absolute atomic E-state index is 10.3. The lowest BCUT2D eigenvalue weighted by atomic mass is 10.2. The van der Waals surface area contributed by atoms with E-state index >= 15 is 0 Å². The predicted octanol–water partition coefficient (Wildman–Crippen LogP) is 2.09. The van der Waals surface area contributed by atoms with Gasteiger partial charge in [-0.1, -0.05) is 26.5 Å². The summed E-state index contributed by atoms with van der Waals surface area (Å²) in [5, 5.41) is 16.0. The van der Waals surface area contributed by atoms with Gasteiger partial charge in [0.1, 0.15) is 0 Å². The van der Waals surface area contributed by atoms with E-state index in [1.165, 1.54) is 0 Å². The summed E-state index contributed by atoms with van der Waals surface area (Å²) in [4.78, 5) is 19.5. The molecule has 5 nitrogen and oxygen atoms in total. The normalized spacial score (nSPS) is 8.76. The van der Waals surface area contributed by atoms with Crippen LogP contribution in [-0.2, 0) is 14.3 Å². The number of carboxylic acids is 2. The third-order valence-electron chi connectivity index (χ3n) is 1.67. The van der Waals surface area contributed by atoms with E-state index in [2.05, 4.69) is 20.1 Å². The molecule has 0 radical (unpaired) electrons. The lowest BCUT2D eigenvalue weighted by Crippen LogP contribution is -2.04. The third-order valence-corrected chi connectivity index (χ3v) is 1.67. The third kappa shape index (κ3) is 17.0. The van der Waals surface area contributed by atoms with E-state index in [0.717, 1.165) is 18.9 Å². The Morgan fingerprint density at radius 1 is 1.29 bits per heavy atom. The molecular weight excluding hydrogens is 224 g/mol. The second-order valence-electron chi connectivity index (χ2n) is 3.17. The molecule has 0 aromatic carbocycles. The fourth-order valence-electron chi connectivity index (χ4n) is 0.651. The number of unbranched alkanes of at least 4 members (excludes halogenated alkanes) is 1. The molecule has 0 fully saturated rings. The summed E-state index contributed by atoms with van der Waals surface area (Å²) in [6, 6.07) is 0. The molecule has 17 heavy (non-hydrogen) atoms. The maximum Gasteiger partial charge on any atom is 0.331 e. The highest BCUT2D eigenvalue weighted by atomic mass is 16.5. The van der Waals surface area contributed by atoms with E-state index in [4.69, 9.17) is 14.9 Å². The van der Waals surface area contributed by atoms with Crippen LogP contribution in [0.4, 0.5) is 0 Å². The van der Waals surface area contributed by atoms with E-state index in [1.807, 2.05) is 0 Å². The van der Waals surface area contributed by atoms with Crippen molar-refractivity contribution in [1.82, 2.24) is 0 Å². The highest BCUT2D eigenvalue weighted by molar-refractivity contribution is 5.85. The van der Waals surface area contributed by atoms with Gasteiger partial charge < -0.3 is 14.9 Å². The molecule has 0 aliphatic rings. The van der Waals surface area contributed by atoms with Gasteiger partial charge in [-0.15, -0.1) is 0 Å². The maximum atomic E-state index is 10.3. The monoisotopic (exact) mass is 244 g/mol. The van der Waals surface area contributed by atoms with Crippen molar-refractivity contribution in [1.29, 1.82) is 0 Å². The van der Waals surface area contributed by atoms with E-state index in [0.29, 0.717) is 19.6 Å². The Hall–Kier alpha value is -1.62. The van der Waals surface area contributed by atoms with Crippen LogP contribution in [0.3, 0.4) is 0 Å². The van der Waals surface area contributed by atoms with Crippen molar-refractivity contribution in [2.24, 2.45) is 0 Å². The first kappa shape index (κ1) is 17.8. The Kier molecular flexibility index (Phi) is 13.0. The van der Waals surface area contributed by atoms with Crippen molar-refractivity contribution in [2.45, 2.75) is 26.2 Å². The van der Waals surface area contributed by atoms with Gasteiger partial charge in [-0.25, -0.2) is 9.59 Å². The Bertz CT molecular complexity index is 258. The number of rotatable bonds is 8. The summed E-state index contributed by atoms with van der Waals surface area (Å²) in [6.45, 7) is 9.61. The van der Waals surface area contributed by atoms with Crippen LogP contribution >= 0.6 is 0 Å². The Balaban J connectivity index is 0. The number of carbonyl (C=O) groups is 2.